The van der Waals surface area contributed by atoms with Gasteiger partial charge in [-0.05, 0) is 51.5 Å². The Morgan fingerprint density at radius 1 is 0.750 bits per heavy atom. The molecular formula is C17H34F2S. The van der Waals surface area contributed by atoms with Gasteiger partial charge in [0.2, 0.25) is 0 Å². The van der Waals surface area contributed by atoms with E-state index in [2.05, 4.69) is 6.92 Å². The van der Waals surface area contributed by atoms with Gasteiger partial charge < -0.3 is 0 Å². The molecule has 3 heteroatoms. The minimum atomic E-state index is -1.74. The third-order valence-electron chi connectivity index (χ3n) is 4.07. The molecule has 0 N–H and O–H groups in total. The minimum absolute atomic E-state index is 0.320. The Labute approximate surface area is 129 Å². The van der Waals surface area contributed by atoms with Crippen molar-refractivity contribution >= 4 is 11.8 Å². The zero-order chi connectivity index (χ0) is 15.5. The summed E-state index contributed by atoms with van der Waals surface area (Å²) >= 11 is 1.88. The lowest BCUT2D eigenvalue weighted by atomic mass is 9.87. The molecule has 1 atom stereocenters. The summed E-state index contributed by atoms with van der Waals surface area (Å²) in [5.41, 5.74) is -3.44. The van der Waals surface area contributed by atoms with Gasteiger partial charge >= 0.3 is 0 Å². The SMILES string of the molecule is CCCCCCCCCSCCCC(C)(F)C(C)(C)F. The first-order valence-electron chi connectivity index (χ1n) is 8.27. The van der Waals surface area contributed by atoms with E-state index < -0.39 is 11.3 Å². The van der Waals surface area contributed by atoms with E-state index in [1.807, 2.05) is 11.8 Å². The van der Waals surface area contributed by atoms with Crippen molar-refractivity contribution < 1.29 is 8.78 Å². The van der Waals surface area contributed by atoms with Crippen LogP contribution in [0.4, 0.5) is 8.78 Å². The second-order valence-corrected chi connectivity index (χ2v) is 7.73. The molecule has 0 aliphatic heterocycles. The minimum Gasteiger partial charge on any atom is -0.241 e. The molecule has 20 heavy (non-hydrogen) atoms. The first-order valence-corrected chi connectivity index (χ1v) is 9.42. The maximum atomic E-state index is 14.0. The van der Waals surface area contributed by atoms with Crippen molar-refractivity contribution in [3.8, 4) is 0 Å². The highest BCUT2D eigenvalue weighted by molar-refractivity contribution is 7.99. The van der Waals surface area contributed by atoms with Crippen LogP contribution >= 0.6 is 11.8 Å². The molecule has 0 aromatic carbocycles. The van der Waals surface area contributed by atoms with Gasteiger partial charge in [-0.2, -0.15) is 11.8 Å². The van der Waals surface area contributed by atoms with Gasteiger partial charge in [-0.15, -0.1) is 0 Å². The molecule has 0 fully saturated rings. The number of hydrogen-bond acceptors (Lipinski definition) is 1. The average Bonchev–Trinajstić information content (AvgIpc) is 2.34. The molecule has 0 saturated carbocycles. The highest BCUT2D eigenvalue weighted by Gasteiger charge is 2.41. The van der Waals surface area contributed by atoms with Crippen molar-refractivity contribution in [3.05, 3.63) is 0 Å². The largest absolute Gasteiger partial charge is 0.241 e. The van der Waals surface area contributed by atoms with E-state index in [0.29, 0.717) is 6.42 Å². The zero-order valence-corrected chi connectivity index (χ0v) is 14.8. The standard InChI is InChI=1S/C17H34F2S/c1-5-6-7-8-9-10-11-14-20-15-12-13-17(4,19)16(2,3)18/h5-15H2,1-4H3. The van der Waals surface area contributed by atoms with Crippen molar-refractivity contribution in [3.63, 3.8) is 0 Å². The van der Waals surface area contributed by atoms with Crippen LogP contribution in [0.15, 0.2) is 0 Å². The summed E-state index contributed by atoms with van der Waals surface area (Å²) < 4.78 is 27.6. The first-order chi connectivity index (χ1) is 9.31. The van der Waals surface area contributed by atoms with Gasteiger partial charge in [0.1, 0.15) is 11.3 Å². The summed E-state index contributed by atoms with van der Waals surface area (Å²) in [6, 6.07) is 0. The second-order valence-electron chi connectivity index (χ2n) is 6.51. The number of halogens is 2. The average molecular weight is 309 g/mol. The molecule has 0 spiro atoms. The van der Waals surface area contributed by atoms with Crippen LogP contribution in [0.25, 0.3) is 0 Å². The lowest BCUT2D eigenvalue weighted by molar-refractivity contribution is -0.00708. The quantitative estimate of drug-likeness (QED) is 0.340. The van der Waals surface area contributed by atoms with E-state index in [-0.39, 0.29) is 0 Å². The molecule has 0 nitrogen and oxygen atoms in total. The van der Waals surface area contributed by atoms with Gasteiger partial charge in [0.15, 0.2) is 0 Å². The van der Waals surface area contributed by atoms with Crippen molar-refractivity contribution in [2.45, 2.75) is 96.8 Å². The molecule has 0 rings (SSSR count). The van der Waals surface area contributed by atoms with Crippen LogP contribution in [0.2, 0.25) is 0 Å². The Morgan fingerprint density at radius 3 is 1.80 bits per heavy atom. The molecule has 0 aromatic rings. The van der Waals surface area contributed by atoms with E-state index in [9.17, 15) is 8.78 Å². The first kappa shape index (κ1) is 20.2. The fourth-order valence-electron chi connectivity index (χ4n) is 2.07. The van der Waals surface area contributed by atoms with Crippen LogP contribution in [0, 0.1) is 0 Å². The summed E-state index contributed by atoms with van der Waals surface area (Å²) in [5.74, 6) is 2.11. The summed E-state index contributed by atoms with van der Waals surface area (Å²) in [6.07, 6.45) is 10.4. The van der Waals surface area contributed by atoms with Gasteiger partial charge in [-0.3, -0.25) is 0 Å². The van der Waals surface area contributed by atoms with Crippen LogP contribution in [-0.4, -0.2) is 22.8 Å². The molecule has 0 bridgehead atoms. The number of rotatable bonds is 13. The molecule has 0 amide bonds. The zero-order valence-electron chi connectivity index (χ0n) is 13.9. The Morgan fingerprint density at radius 2 is 1.25 bits per heavy atom. The van der Waals surface area contributed by atoms with Gasteiger partial charge in [0, 0.05) is 0 Å². The normalized spacial score (nSPS) is 15.3. The van der Waals surface area contributed by atoms with E-state index in [1.165, 1.54) is 65.7 Å². The third kappa shape index (κ3) is 10.0. The molecule has 0 aromatic heterocycles. The highest BCUT2D eigenvalue weighted by atomic mass is 32.2. The van der Waals surface area contributed by atoms with Crippen molar-refractivity contribution in [2.75, 3.05) is 11.5 Å². The number of hydrogen-bond donors (Lipinski definition) is 0. The maximum absolute atomic E-state index is 14.0. The Kier molecular flexibility index (Phi) is 11.0. The molecular weight excluding hydrogens is 274 g/mol. The van der Waals surface area contributed by atoms with Crippen LogP contribution in [0.1, 0.15) is 85.5 Å². The van der Waals surface area contributed by atoms with E-state index >= 15 is 0 Å². The predicted octanol–water partition coefficient (Wildman–Crippen LogP) is 6.73. The number of unbranched alkanes of at least 4 members (excludes halogenated alkanes) is 6. The molecule has 122 valence electrons. The lowest BCUT2D eigenvalue weighted by Gasteiger charge is -2.30. The van der Waals surface area contributed by atoms with Gasteiger partial charge in [0.05, 0.1) is 0 Å². The van der Waals surface area contributed by atoms with Crippen LogP contribution in [0.3, 0.4) is 0 Å². The molecule has 0 heterocycles. The molecule has 0 saturated heterocycles. The highest BCUT2D eigenvalue weighted by Crippen LogP contribution is 2.34. The number of alkyl halides is 2. The Bertz CT molecular complexity index is 222. The predicted molar refractivity (Wildman–Crippen MR) is 89.3 cm³/mol. The van der Waals surface area contributed by atoms with Gasteiger partial charge in [-0.1, -0.05) is 45.4 Å². The molecule has 0 aliphatic rings. The second kappa shape index (κ2) is 10.9. The van der Waals surface area contributed by atoms with Gasteiger partial charge in [-0.25, -0.2) is 8.78 Å². The van der Waals surface area contributed by atoms with Crippen LogP contribution in [0.5, 0.6) is 0 Å². The summed E-state index contributed by atoms with van der Waals surface area (Å²) in [6.45, 7) is 6.29. The van der Waals surface area contributed by atoms with Crippen molar-refractivity contribution in [2.24, 2.45) is 0 Å². The topological polar surface area (TPSA) is 0 Å². The monoisotopic (exact) mass is 308 g/mol. The van der Waals surface area contributed by atoms with Crippen LogP contribution < -0.4 is 0 Å². The number of thioether (sulfide) groups is 1. The summed E-state index contributed by atoms with van der Waals surface area (Å²) in [4.78, 5) is 0. The summed E-state index contributed by atoms with van der Waals surface area (Å²) in [5, 5.41) is 0. The third-order valence-corrected chi connectivity index (χ3v) is 5.22. The maximum Gasteiger partial charge on any atom is 0.141 e. The molecule has 0 radical (unpaired) electrons. The molecule has 1 unspecified atom stereocenters. The fraction of sp³-hybridized carbons (Fsp3) is 1.00. The van der Waals surface area contributed by atoms with E-state index in [1.54, 1.807) is 0 Å². The summed E-state index contributed by atoms with van der Waals surface area (Å²) in [7, 11) is 0. The smallest absolute Gasteiger partial charge is 0.141 e. The van der Waals surface area contributed by atoms with Crippen molar-refractivity contribution in [1.29, 1.82) is 0 Å². The fourth-order valence-corrected chi connectivity index (χ4v) is 3.03. The van der Waals surface area contributed by atoms with Gasteiger partial charge in [0.25, 0.3) is 0 Å². The Balaban J connectivity index is 3.33. The van der Waals surface area contributed by atoms with E-state index in [4.69, 9.17) is 0 Å². The van der Waals surface area contributed by atoms with E-state index in [0.717, 1.165) is 17.9 Å². The van der Waals surface area contributed by atoms with Crippen molar-refractivity contribution in [1.82, 2.24) is 0 Å². The Hall–Kier alpha value is 0.210. The van der Waals surface area contributed by atoms with Crippen LogP contribution in [-0.2, 0) is 0 Å². The lowest BCUT2D eigenvalue weighted by Crippen LogP contribution is -2.40. The molecule has 0 aliphatic carbocycles.